The number of hydrogen-bond donors (Lipinski definition) is 1. The number of methoxy groups -OCH3 is 1. The number of anilines is 1. The van der Waals surface area contributed by atoms with Crippen LogP contribution in [0.4, 0.5) is 10.1 Å². The van der Waals surface area contributed by atoms with Crippen LogP contribution in [0.3, 0.4) is 0 Å². The molecule has 39 heavy (non-hydrogen) atoms. The molecule has 3 aromatic rings. The molecule has 0 saturated carbocycles. The van der Waals surface area contributed by atoms with Crippen molar-refractivity contribution < 1.29 is 27.1 Å². The highest BCUT2D eigenvalue weighted by Gasteiger charge is 2.32. The van der Waals surface area contributed by atoms with Crippen molar-refractivity contribution in [2.75, 3.05) is 18.0 Å². The molecule has 2 amide bonds. The van der Waals surface area contributed by atoms with Crippen LogP contribution < -0.4 is 14.4 Å². The lowest BCUT2D eigenvalue weighted by Gasteiger charge is -2.32. The van der Waals surface area contributed by atoms with Gasteiger partial charge < -0.3 is 15.0 Å². The molecule has 1 N–H and O–H groups in total. The van der Waals surface area contributed by atoms with Crippen LogP contribution in [0.5, 0.6) is 5.75 Å². The quantitative estimate of drug-likeness (QED) is 0.358. The van der Waals surface area contributed by atoms with E-state index in [1.807, 2.05) is 13.8 Å². The lowest BCUT2D eigenvalue weighted by Crippen LogP contribution is -2.52. The molecule has 0 aromatic heterocycles. The smallest absolute Gasteiger partial charge is 0.264 e. The fourth-order valence-electron chi connectivity index (χ4n) is 3.85. The molecule has 3 rings (SSSR count). The number of benzene rings is 3. The van der Waals surface area contributed by atoms with Crippen molar-refractivity contribution in [3.8, 4) is 5.75 Å². The molecule has 0 heterocycles. The van der Waals surface area contributed by atoms with E-state index in [2.05, 4.69) is 5.32 Å². The maximum Gasteiger partial charge on any atom is 0.264 e. The highest BCUT2D eigenvalue weighted by Crippen LogP contribution is 2.27. The number of hydrogen-bond acceptors (Lipinski definition) is 5. The summed E-state index contributed by atoms with van der Waals surface area (Å²) in [6.07, 6.45) is 0.698. The molecule has 0 spiro atoms. The molecule has 0 aliphatic carbocycles. The van der Waals surface area contributed by atoms with E-state index in [0.29, 0.717) is 17.7 Å². The predicted octanol–water partition coefficient (Wildman–Crippen LogP) is 4.36. The Labute approximate surface area is 229 Å². The number of amides is 2. The van der Waals surface area contributed by atoms with E-state index >= 15 is 0 Å². The van der Waals surface area contributed by atoms with Crippen LogP contribution in [0.25, 0.3) is 0 Å². The predicted molar refractivity (Wildman–Crippen MR) is 148 cm³/mol. The van der Waals surface area contributed by atoms with Gasteiger partial charge in [-0.25, -0.2) is 12.8 Å². The van der Waals surface area contributed by atoms with Crippen LogP contribution in [0.15, 0.2) is 83.8 Å². The summed E-state index contributed by atoms with van der Waals surface area (Å²) >= 11 is 0. The summed E-state index contributed by atoms with van der Waals surface area (Å²) in [4.78, 5) is 28.2. The van der Waals surface area contributed by atoms with Gasteiger partial charge >= 0.3 is 0 Å². The summed E-state index contributed by atoms with van der Waals surface area (Å²) in [5, 5.41) is 2.87. The minimum Gasteiger partial charge on any atom is -0.497 e. The molecule has 0 bridgehead atoms. The Morgan fingerprint density at radius 3 is 2.26 bits per heavy atom. The summed E-state index contributed by atoms with van der Waals surface area (Å²) < 4.78 is 47.4. The first kappa shape index (κ1) is 29.6. The maximum absolute atomic E-state index is 13.9. The molecule has 208 valence electrons. The highest BCUT2D eigenvalue weighted by atomic mass is 32.2. The SMILES string of the molecule is CC[C@H](C)NC(=O)[C@H](C)N(Cc1ccc(F)cc1)C(=O)CN(c1cccc(OC)c1)S(=O)(=O)c1ccccc1. The molecule has 10 heteroatoms. The topological polar surface area (TPSA) is 96.0 Å². The normalized spacial score (nSPS) is 12.7. The zero-order valence-corrected chi connectivity index (χ0v) is 23.3. The van der Waals surface area contributed by atoms with Gasteiger partial charge in [0.2, 0.25) is 11.8 Å². The van der Waals surface area contributed by atoms with Crippen molar-refractivity contribution in [1.29, 1.82) is 0 Å². The Morgan fingerprint density at radius 1 is 0.974 bits per heavy atom. The standard InChI is InChI=1S/C29H34FN3O5S/c1-5-21(2)31-29(35)22(3)32(19-23-14-16-24(30)17-15-23)28(34)20-33(25-10-9-11-26(18-25)38-4)39(36,37)27-12-7-6-8-13-27/h6-18,21-22H,5,19-20H2,1-4H3,(H,31,35)/t21-,22-/m0/s1. The molecule has 0 aliphatic rings. The van der Waals surface area contributed by atoms with Gasteiger partial charge in [0.25, 0.3) is 10.0 Å². The Bertz CT molecular complexity index is 1370. The van der Waals surface area contributed by atoms with Gasteiger partial charge in [0, 0.05) is 18.7 Å². The monoisotopic (exact) mass is 555 g/mol. The molecule has 3 aromatic carbocycles. The third-order valence-electron chi connectivity index (χ3n) is 6.39. The number of sulfonamides is 1. The number of nitrogens with zero attached hydrogens (tertiary/aromatic N) is 2. The third-order valence-corrected chi connectivity index (χ3v) is 8.17. The second-order valence-electron chi connectivity index (χ2n) is 9.17. The largest absolute Gasteiger partial charge is 0.497 e. The van der Waals surface area contributed by atoms with Gasteiger partial charge in [-0.3, -0.25) is 13.9 Å². The first-order valence-corrected chi connectivity index (χ1v) is 14.1. The van der Waals surface area contributed by atoms with E-state index in [4.69, 9.17) is 4.74 Å². The molecule has 0 radical (unpaired) electrons. The highest BCUT2D eigenvalue weighted by molar-refractivity contribution is 7.92. The van der Waals surface area contributed by atoms with Crippen LogP contribution in [-0.2, 0) is 26.2 Å². The third kappa shape index (κ3) is 7.57. The van der Waals surface area contributed by atoms with Gasteiger partial charge in [0.05, 0.1) is 17.7 Å². The molecule has 0 unspecified atom stereocenters. The maximum atomic E-state index is 13.9. The van der Waals surface area contributed by atoms with E-state index in [0.717, 1.165) is 4.31 Å². The second kappa shape index (κ2) is 13.2. The fraction of sp³-hybridized carbons (Fsp3) is 0.310. The average Bonchev–Trinajstić information content (AvgIpc) is 2.95. The Kier molecular flexibility index (Phi) is 10.1. The van der Waals surface area contributed by atoms with Gasteiger partial charge in [-0.15, -0.1) is 0 Å². The van der Waals surface area contributed by atoms with Crippen molar-refractivity contribution in [1.82, 2.24) is 10.2 Å². The van der Waals surface area contributed by atoms with Gasteiger partial charge in [-0.1, -0.05) is 43.3 Å². The lowest BCUT2D eigenvalue weighted by atomic mass is 10.1. The summed E-state index contributed by atoms with van der Waals surface area (Å²) in [5.41, 5.74) is 0.816. The van der Waals surface area contributed by atoms with Gasteiger partial charge in [-0.2, -0.15) is 0 Å². The Balaban J connectivity index is 2.02. The van der Waals surface area contributed by atoms with Gasteiger partial charge in [0.15, 0.2) is 0 Å². The first-order chi connectivity index (χ1) is 18.6. The summed E-state index contributed by atoms with van der Waals surface area (Å²) in [7, 11) is -2.71. The van der Waals surface area contributed by atoms with E-state index in [1.165, 1.54) is 54.5 Å². The number of rotatable bonds is 12. The molecular formula is C29H34FN3O5S. The Morgan fingerprint density at radius 2 is 1.64 bits per heavy atom. The lowest BCUT2D eigenvalue weighted by molar-refractivity contribution is -0.139. The molecule has 8 nitrogen and oxygen atoms in total. The second-order valence-corrected chi connectivity index (χ2v) is 11.0. The fourth-order valence-corrected chi connectivity index (χ4v) is 5.28. The number of ether oxygens (including phenoxy) is 1. The summed E-state index contributed by atoms with van der Waals surface area (Å²) in [5.74, 6) is -0.998. The number of nitrogens with one attached hydrogen (secondary N) is 1. The Hall–Kier alpha value is -3.92. The van der Waals surface area contributed by atoms with E-state index in [1.54, 1.807) is 43.3 Å². The van der Waals surface area contributed by atoms with Crippen molar-refractivity contribution in [3.05, 3.63) is 90.2 Å². The van der Waals surface area contributed by atoms with Crippen molar-refractivity contribution in [2.45, 2.75) is 50.7 Å². The van der Waals surface area contributed by atoms with Crippen LogP contribution in [-0.4, -0.2) is 50.9 Å². The van der Waals surface area contributed by atoms with Gasteiger partial charge in [-0.05, 0) is 62.2 Å². The average molecular weight is 556 g/mol. The first-order valence-electron chi connectivity index (χ1n) is 12.6. The van der Waals surface area contributed by atoms with Crippen molar-refractivity contribution in [3.63, 3.8) is 0 Å². The summed E-state index contributed by atoms with van der Waals surface area (Å²) in [6, 6.07) is 18.7. The summed E-state index contributed by atoms with van der Waals surface area (Å²) in [6.45, 7) is 4.77. The zero-order chi connectivity index (χ0) is 28.6. The number of carbonyl (C=O) groups excluding carboxylic acids is 2. The number of halogens is 1. The van der Waals surface area contributed by atoms with Crippen molar-refractivity contribution >= 4 is 27.5 Å². The molecule has 0 aliphatic heterocycles. The van der Waals surface area contributed by atoms with Crippen LogP contribution in [0.1, 0.15) is 32.8 Å². The van der Waals surface area contributed by atoms with E-state index in [9.17, 15) is 22.4 Å². The van der Waals surface area contributed by atoms with Crippen LogP contribution in [0.2, 0.25) is 0 Å². The van der Waals surface area contributed by atoms with Crippen LogP contribution in [0, 0.1) is 5.82 Å². The van der Waals surface area contributed by atoms with Crippen LogP contribution >= 0.6 is 0 Å². The number of carbonyl (C=O) groups is 2. The molecule has 0 saturated heterocycles. The molecule has 2 atom stereocenters. The minimum absolute atomic E-state index is 0.00765. The molecular weight excluding hydrogens is 521 g/mol. The van der Waals surface area contributed by atoms with Crippen molar-refractivity contribution in [2.24, 2.45) is 0 Å². The zero-order valence-electron chi connectivity index (χ0n) is 22.5. The molecule has 0 fully saturated rings. The van der Waals surface area contributed by atoms with Gasteiger partial charge in [0.1, 0.15) is 24.2 Å². The van der Waals surface area contributed by atoms with E-state index in [-0.39, 0.29) is 29.1 Å². The minimum atomic E-state index is -4.17. The van der Waals surface area contributed by atoms with E-state index < -0.39 is 34.3 Å².